The van der Waals surface area contributed by atoms with Crippen LogP contribution in [-0.2, 0) is 4.74 Å². The lowest BCUT2D eigenvalue weighted by Crippen LogP contribution is -2.26. The van der Waals surface area contributed by atoms with Gasteiger partial charge in [0.15, 0.2) is 0 Å². The van der Waals surface area contributed by atoms with Gasteiger partial charge in [-0.25, -0.2) is 0 Å². The van der Waals surface area contributed by atoms with Crippen LogP contribution in [-0.4, -0.2) is 12.7 Å². The van der Waals surface area contributed by atoms with Crippen LogP contribution in [0.15, 0.2) is 0 Å². The first-order valence-corrected chi connectivity index (χ1v) is 6.96. The summed E-state index contributed by atoms with van der Waals surface area (Å²) in [5.41, 5.74) is -0.198. The largest absolute Gasteiger partial charge is 0.378 e. The Morgan fingerprint density at radius 3 is 2.29 bits per heavy atom. The molecule has 0 bridgehead atoms. The van der Waals surface area contributed by atoms with E-state index in [-0.39, 0.29) is 5.41 Å². The Balaban J connectivity index is 2.17. The number of ether oxygens (including phenoxy) is 1. The molecule has 1 rings (SSSR count). The summed E-state index contributed by atoms with van der Waals surface area (Å²) in [6.07, 6.45) is 6.17. The van der Waals surface area contributed by atoms with Gasteiger partial charge in [-0.3, -0.25) is 0 Å². The molecule has 98 valence electrons. The first-order chi connectivity index (χ1) is 7.93. The smallest absolute Gasteiger partial charge is 0.0683 e. The summed E-state index contributed by atoms with van der Waals surface area (Å²) in [7, 11) is 0. The van der Waals surface area contributed by atoms with Crippen LogP contribution in [0.3, 0.4) is 0 Å². The van der Waals surface area contributed by atoms with E-state index in [4.69, 9.17) is 10.00 Å². The summed E-state index contributed by atoms with van der Waals surface area (Å²) in [6, 6.07) is 2.34. The van der Waals surface area contributed by atoms with E-state index >= 15 is 0 Å². The van der Waals surface area contributed by atoms with Crippen molar-refractivity contribution in [3.63, 3.8) is 0 Å². The Kier molecular flexibility index (Phi) is 5.46. The normalized spacial score (nSPS) is 29.9. The molecule has 1 aliphatic carbocycles. The predicted octanol–water partition coefficient (Wildman–Crippen LogP) is 4.16. The van der Waals surface area contributed by atoms with Crippen molar-refractivity contribution in [3.05, 3.63) is 0 Å². The highest BCUT2D eigenvalue weighted by Crippen LogP contribution is 2.30. The van der Waals surface area contributed by atoms with Gasteiger partial charge in [-0.05, 0) is 57.8 Å². The second kappa shape index (κ2) is 6.40. The Morgan fingerprint density at radius 2 is 1.76 bits per heavy atom. The van der Waals surface area contributed by atoms with Gasteiger partial charge in [0.05, 0.1) is 17.6 Å². The summed E-state index contributed by atoms with van der Waals surface area (Å²) < 4.78 is 5.95. The van der Waals surface area contributed by atoms with Gasteiger partial charge in [-0.15, -0.1) is 0 Å². The monoisotopic (exact) mass is 237 g/mol. The molecule has 0 aromatic carbocycles. The van der Waals surface area contributed by atoms with Crippen LogP contribution < -0.4 is 0 Å². The van der Waals surface area contributed by atoms with Crippen molar-refractivity contribution >= 4 is 0 Å². The first kappa shape index (κ1) is 14.5. The van der Waals surface area contributed by atoms with Crippen molar-refractivity contribution in [1.82, 2.24) is 0 Å². The lowest BCUT2D eigenvalue weighted by molar-refractivity contribution is -0.00213. The van der Waals surface area contributed by atoms with E-state index in [9.17, 15) is 0 Å². The van der Waals surface area contributed by atoms with Crippen LogP contribution >= 0.6 is 0 Å². The molecule has 0 radical (unpaired) electrons. The summed E-state index contributed by atoms with van der Waals surface area (Å²) in [5, 5.41) is 8.92. The topological polar surface area (TPSA) is 33.0 Å². The number of nitriles is 1. The molecule has 0 aromatic heterocycles. The number of hydrogen-bond donors (Lipinski definition) is 0. The van der Waals surface area contributed by atoms with Crippen molar-refractivity contribution in [1.29, 1.82) is 5.26 Å². The quantitative estimate of drug-likeness (QED) is 0.673. The fourth-order valence-electron chi connectivity index (χ4n) is 2.83. The van der Waals surface area contributed by atoms with E-state index in [1.807, 2.05) is 13.8 Å². The summed E-state index contributed by atoms with van der Waals surface area (Å²) in [5.74, 6) is 1.61. The maximum Gasteiger partial charge on any atom is 0.0683 e. The van der Waals surface area contributed by atoms with Crippen molar-refractivity contribution in [2.45, 2.75) is 65.9 Å². The number of hydrogen-bond acceptors (Lipinski definition) is 2. The highest BCUT2D eigenvalue weighted by atomic mass is 16.5. The number of rotatable bonds is 5. The predicted molar refractivity (Wildman–Crippen MR) is 70.5 cm³/mol. The second-order valence-corrected chi connectivity index (χ2v) is 6.51. The van der Waals surface area contributed by atoms with Gasteiger partial charge in [0.1, 0.15) is 0 Å². The zero-order valence-electron chi connectivity index (χ0n) is 11.8. The summed E-state index contributed by atoms with van der Waals surface area (Å²) in [4.78, 5) is 0. The minimum Gasteiger partial charge on any atom is -0.378 e. The molecule has 2 nitrogen and oxygen atoms in total. The average molecular weight is 237 g/mol. The highest BCUT2D eigenvalue weighted by Gasteiger charge is 2.24. The van der Waals surface area contributed by atoms with Gasteiger partial charge >= 0.3 is 0 Å². The standard InChI is InChI=1S/C15H27NO/c1-12-8-13(2)10-14(9-12)17-7-5-6-15(3,4)11-16/h12-14H,5-10H2,1-4H3. The summed E-state index contributed by atoms with van der Waals surface area (Å²) in [6.45, 7) is 9.46. The van der Waals surface area contributed by atoms with Crippen LogP contribution in [0.5, 0.6) is 0 Å². The van der Waals surface area contributed by atoms with Crippen molar-refractivity contribution in [2.75, 3.05) is 6.61 Å². The minimum atomic E-state index is -0.198. The second-order valence-electron chi connectivity index (χ2n) is 6.51. The maximum absolute atomic E-state index is 8.92. The van der Waals surface area contributed by atoms with Gasteiger partial charge < -0.3 is 4.74 Å². The van der Waals surface area contributed by atoms with Gasteiger partial charge in [-0.2, -0.15) is 5.26 Å². The molecule has 0 heterocycles. The zero-order valence-corrected chi connectivity index (χ0v) is 11.8. The Bertz CT molecular complexity index is 257. The SMILES string of the molecule is CC1CC(C)CC(OCCCC(C)(C)C#N)C1. The van der Waals surface area contributed by atoms with Gasteiger partial charge in [0.2, 0.25) is 0 Å². The van der Waals surface area contributed by atoms with Crippen molar-refractivity contribution in [2.24, 2.45) is 17.3 Å². The molecular weight excluding hydrogens is 210 g/mol. The third-order valence-corrected chi connectivity index (χ3v) is 3.74. The molecule has 1 saturated carbocycles. The molecule has 0 aliphatic heterocycles. The molecule has 1 fully saturated rings. The molecule has 2 atom stereocenters. The van der Waals surface area contributed by atoms with Crippen LogP contribution in [0.2, 0.25) is 0 Å². The molecule has 0 aromatic rings. The van der Waals surface area contributed by atoms with E-state index in [0.29, 0.717) is 6.10 Å². The van der Waals surface area contributed by atoms with Gasteiger partial charge in [0, 0.05) is 6.61 Å². The molecule has 2 heteroatoms. The Morgan fingerprint density at radius 1 is 1.18 bits per heavy atom. The molecule has 0 amide bonds. The van der Waals surface area contributed by atoms with Crippen molar-refractivity contribution in [3.8, 4) is 6.07 Å². The molecule has 2 unspecified atom stereocenters. The van der Waals surface area contributed by atoms with Crippen LogP contribution in [0.1, 0.15) is 59.8 Å². The van der Waals surface area contributed by atoms with Gasteiger partial charge in [-0.1, -0.05) is 13.8 Å². The zero-order chi connectivity index (χ0) is 12.9. The highest BCUT2D eigenvalue weighted by molar-refractivity contribution is 4.91. The van der Waals surface area contributed by atoms with E-state index < -0.39 is 0 Å². The van der Waals surface area contributed by atoms with Crippen molar-refractivity contribution < 1.29 is 4.74 Å². The third kappa shape index (κ3) is 5.55. The van der Waals surface area contributed by atoms with Crippen LogP contribution in [0.4, 0.5) is 0 Å². The molecule has 0 saturated heterocycles. The summed E-state index contributed by atoms with van der Waals surface area (Å²) >= 11 is 0. The molecular formula is C15H27NO. The fraction of sp³-hybridized carbons (Fsp3) is 0.933. The van der Waals surface area contributed by atoms with Crippen LogP contribution in [0, 0.1) is 28.6 Å². The molecule has 17 heavy (non-hydrogen) atoms. The van der Waals surface area contributed by atoms with Crippen LogP contribution in [0.25, 0.3) is 0 Å². The lowest BCUT2D eigenvalue weighted by Gasteiger charge is -2.31. The fourth-order valence-corrected chi connectivity index (χ4v) is 2.83. The number of nitrogens with zero attached hydrogens (tertiary/aromatic N) is 1. The maximum atomic E-state index is 8.92. The van der Waals surface area contributed by atoms with E-state index in [0.717, 1.165) is 31.3 Å². The first-order valence-electron chi connectivity index (χ1n) is 6.96. The third-order valence-electron chi connectivity index (χ3n) is 3.74. The van der Waals surface area contributed by atoms with E-state index in [1.165, 1.54) is 19.3 Å². The van der Waals surface area contributed by atoms with Gasteiger partial charge in [0.25, 0.3) is 0 Å². The Hall–Kier alpha value is -0.550. The molecule has 0 spiro atoms. The molecule has 0 N–H and O–H groups in total. The Labute approximate surface area is 106 Å². The molecule has 1 aliphatic rings. The van der Waals surface area contributed by atoms with E-state index in [2.05, 4.69) is 19.9 Å². The average Bonchev–Trinajstić information content (AvgIpc) is 2.23. The lowest BCUT2D eigenvalue weighted by atomic mass is 9.82. The minimum absolute atomic E-state index is 0.198. The van der Waals surface area contributed by atoms with E-state index in [1.54, 1.807) is 0 Å².